The van der Waals surface area contributed by atoms with Crippen molar-refractivity contribution in [3.8, 4) is 5.75 Å². The van der Waals surface area contributed by atoms with E-state index >= 15 is 0 Å². The molecule has 3 N–H and O–H groups in total. The maximum atomic E-state index is 12.0. The van der Waals surface area contributed by atoms with Gasteiger partial charge in [0.2, 0.25) is 0 Å². The third kappa shape index (κ3) is 3.26. The average molecular weight is 292 g/mol. The molecular formula is C15H20N2O4. The molecule has 1 aliphatic rings. The molecule has 0 aliphatic heterocycles. The summed E-state index contributed by atoms with van der Waals surface area (Å²) in [5.41, 5.74) is -0.173. The summed E-state index contributed by atoms with van der Waals surface area (Å²) in [6, 6.07) is 6.68. The first-order valence-corrected chi connectivity index (χ1v) is 6.93. The van der Waals surface area contributed by atoms with Gasteiger partial charge in [-0.2, -0.15) is 0 Å². The molecule has 0 heterocycles. The Bertz CT molecular complexity index is 523. The van der Waals surface area contributed by atoms with Crippen molar-refractivity contribution in [2.75, 3.05) is 7.11 Å². The number of hydrogen-bond acceptors (Lipinski definition) is 3. The summed E-state index contributed by atoms with van der Waals surface area (Å²) in [5.74, 6) is -0.226. The van der Waals surface area contributed by atoms with Crippen LogP contribution in [0.15, 0.2) is 24.3 Å². The summed E-state index contributed by atoms with van der Waals surface area (Å²) in [7, 11) is 1.59. The number of aliphatic carboxylic acids is 1. The lowest BCUT2D eigenvalue weighted by Crippen LogP contribution is -2.61. The van der Waals surface area contributed by atoms with Crippen LogP contribution >= 0.6 is 0 Å². The summed E-state index contributed by atoms with van der Waals surface area (Å²) >= 11 is 0. The highest BCUT2D eigenvalue weighted by molar-refractivity contribution is 5.87. The minimum Gasteiger partial charge on any atom is -0.497 e. The van der Waals surface area contributed by atoms with Crippen molar-refractivity contribution in [2.45, 2.75) is 37.8 Å². The summed E-state index contributed by atoms with van der Waals surface area (Å²) in [5, 5.41) is 14.5. The molecular weight excluding hydrogens is 272 g/mol. The van der Waals surface area contributed by atoms with E-state index in [9.17, 15) is 14.7 Å². The van der Waals surface area contributed by atoms with Crippen LogP contribution < -0.4 is 15.4 Å². The molecule has 6 heteroatoms. The van der Waals surface area contributed by atoms with Gasteiger partial charge in [-0.25, -0.2) is 9.59 Å². The van der Waals surface area contributed by atoms with Crippen LogP contribution in [0.3, 0.4) is 0 Å². The molecule has 2 amide bonds. The third-order valence-corrected chi connectivity index (χ3v) is 3.93. The first-order valence-electron chi connectivity index (χ1n) is 6.93. The van der Waals surface area contributed by atoms with Crippen LogP contribution in [0.1, 0.15) is 37.8 Å². The number of carboxylic acid groups (broad SMARTS) is 1. The van der Waals surface area contributed by atoms with E-state index in [1.807, 2.05) is 31.2 Å². The average Bonchev–Trinajstić information content (AvgIpc) is 2.42. The van der Waals surface area contributed by atoms with Gasteiger partial charge >= 0.3 is 12.0 Å². The number of ether oxygens (including phenoxy) is 1. The van der Waals surface area contributed by atoms with Gasteiger partial charge in [-0.15, -0.1) is 0 Å². The lowest BCUT2D eigenvalue weighted by molar-refractivity contribution is -0.148. The Hall–Kier alpha value is -2.24. The van der Waals surface area contributed by atoms with Gasteiger partial charge in [0.25, 0.3) is 0 Å². The summed E-state index contributed by atoms with van der Waals surface area (Å²) in [6.07, 6.45) is 1.78. The van der Waals surface area contributed by atoms with Crippen LogP contribution in [-0.2, 0) is 4.79 Å². The van der Waals surface area contributed by atoms with E-state index in [1.165, 1.54) is 0 Å². The zero-order chi connectivity index (χ0) is 15.5. The Morgan fingerprint density at radius 3 is 2.33 bits per heavy atom. The quantitative estimate of drug-likeness (QED) is 0.775. The van der Waals surface area contributed by atoms with Crippen LogP contribution in [0.5, 0.6) is 5.75 Å². The molecule has 1 aromatic carbocycles. The van der Waals surface area contributed by atoms with Crippen LogP contribution in [0, 0.1) is 0 Å². The maximum absolute atomic E-state index is 12.0. The molecule has 1 unspecified atom stereocenters. The van der Waals surface area contributed by atoms with Gasteiger partial charge in [0, 0.05) is 0 Å². The van der Waals surface area contributed by atoms with Gasteiger partial charge in [-0.1, -0.05) is 12.1 Å². The van der Waals surface area contributed by atoms with E-state index < -0.39 is 17.5 Å². The Morgan fingerprint density at radius 2 is 1.90 bits per heavy atom. The number of nitrogens with one attached hydrogen (secondary N) is 2. The minimum atomic E-state index is -1.09. The number of carbonyl (C=O) groups excluding carboxylic acids is 1. The van der Waals surface area contributed by atoms with E-state index in [4.69, 9.17) is 4.74 Å². The second kappa shape index (κ2) is 6.03. The Balaban J connectivity index is 1.93. The highest BCUT2D eigenvalue weighted by atomic mass is 16.5. The van der Waals surface area contributed by atoms with Crippen LogP contribution in [0.2, 0.25) is 0 Å². The zero-order valence-electron chi connectivity index (χ0n) is 12.2. The Kier molecular flexibility index (Phi) is 4.35. The second-order valence-electron chi connectivity index (χ2n) is 5.33. The number of methoxy groups -OCH3 is 1. The van der Waals surface area contributed by atoms with Gasteiger partial charge in [0.05, 0.1) is 13.2 Å². The molecule has 114 valence electrons. The molecule has 1 aliphatic carbocycles. The summed E-state index contributed by atoms with van der Waals surface area (Å²) in [4.78, 5) is 23.2. The van der Waals surface area contributed by atoms with Crippen molar-refractivity contribution in [3.05, 3.63) is 29.8 Å². The Morgan fingerprint density at radius 1 is 1.29 bits per heavy atom. The molecule has 6 nitrogen and oxygen atoms in total. The largest absolute Gasteiger partial charge is 0.497 e. The van der Waals surface area contributed by atoms with Gasteiger partial charge < -0.3 is 20.5 Å². The first-order chi connectivity index (χ1) is 9.97. The zero-order valence-corrected chi connectivity index (χ0v) is 12.2. The number of hydrogen-bond donors (Lipinski definition) is 3. The number of amides is 2. The number of rotatable bonds is 5. The standard InChI is InChI=1S/C15H20N2O4/c1-10(11-4-6-12(21-2)7-5-11)16-14(20)17-15(13(18)19)8-3-9-15/h4-7,10H,3,8-9H2,1-2H3,(H,18,19)(H2,16,17,20). The lowest BCUT2D eigenvalue weighted by Gasteiger charge is -2.38. The monoisotopic (exact) mass is 292 g/mol. The molecule has 1 fully saturated rings. The first kappa shape index (κ1) is 15.2. The fourth-order valence-corrected chi connectivity index (χ4v) is 2.35. The second-order valence-corrected chi connectivity index (χ2v) is 5.33. The van der Waals surface area contributed by atoms with Gasteiger partial charge in [-0.3, -0.25) is 0 Å². The van der Waals surface area contributed by atoms with E-state index in [0.29, 0.717) is 12.8 Å². The number of carboxylic acids is 1. The van der Waals surface area contributed by atoms with E-state index in [-0.39, 0.29) is 6.04 Å². The summed E-state index contributed by atoms with van der Waals surface area (Å²) < 4.78 is 5.08. The fourth-order valence-electron chi connectivity index (χ4n) is 2.35. The molecule has 21 heavy (non-hydrogen) atoms. The third-order valence-electron chi connectivity index (χ3n) is 3.93. The highest BCUT2D eigenvalue weighted by Gasteiger charge is 2.45. The topological polar surface area (TPSA) is 87.7 Å². The van der Waals surface area contributed by atoms with Crippen molar-refractivity contribution in [3.63, 3.8) is 0 Å². The highest BCUT2D eigenvalue weighted by Crippen LogP contribution is 2.32. The van der Waals surface area contributed by atoms with E-state index in [0.717, 1.165) is 17.7 Å². The molecule has 0 saturated heterocycles. The molecule has 2 rings (SSSR count). The normalized spacial score (nSPS) is 17.2. The van der Waals surface area contributed by atoms with Gasteiger partial charge in [0.1, 0.15) is 11.3 Å². The van der Waals surface area contributed by atoms with Crippen molar-refractivity contribution in [1.82, 2.24) is 10.6 Å². The van der Waals surface area contributed by atoms with Crippen LogP contribution in [0.25, 0.3) is 0 Å². The maximum Gasteiger partial charge on any atom is 0.329 e. The van der Waals surface area contributed by atoms with Gasteiger partial charge in [0.15, 0.2) is 0 Å². The summed E-state index contributed by atoms with van der Waals surface area (Å²) in [6.45, 7) is 1.84. The van der Waals surface area contributed by atoms with Crippen molar-refractivity contribution < 1.29 is 19.4 Å². The molecule has 0 aromatic heterocycles. The predicted molar refractivity (Wildman–Crippen MR) is 77.3 cm³/mol. The predicted octanol–water partition coefficient (Wildman–Crippen LogP) is 2.06. The molecule has 0 spiro atoms. The Labute approximate surface area is 123 Å². The van der Waals surface area contributed by atoms with Crippen LogP contribution in [0.4, 0.5) is 4.79 Å². The van der Waals surface area contributed by atoms with Crippen molar-refractivity contribution in [2.24, 2.45) is 0 Å². The number of carbonyl (C=O) groups is 2. The molecule has 1 aromatic rings. The van der Waals surface area contributed by atoms with Crippen LogP contribution in [-0.4, -0.2) is 29.8 Å². The van der Waals surface area contributed by atoms with Gasteiger partial charge in [-0.05, 0) is 43.9 Å². The smallest absolute Gasteiger partial charge is 0.329 e. The number of benzene rings is 1. The number of urea groups is 1. The van der Waals surface area contributed by atoms with Crippen molar-refractivity contribution in [1.29, 1.82) is 0 Å². The minimum absolute atomic E-state index is 0.221. The molecule has 0 bridgehead atoms. The van der Waals surface area contributed by atoms with E-state index in [2.05, 4.69) is 10.6 Å². The SMILES string of the molecule is COc1ccc(C(C)NC(=O)NC2(C(=O)O)CCC2)cc1. The molecule has 1 saturated carbocycles. The van der Waals surface area contributed by atoms with Crippen molar-refractivity contribution >= 4 is 12.0 Å². The molecule has 0 radical (unpaired) electrons. The van der Waals surface area contributed by atoms with E-state index in [1.54, 1.807) is 7.11 Å². The molecule has 1 atom stereocenters. The fraction of sp³-hybridized carbons (Fsp3) is 0.467. The lowest BCUT2D eigenvalue weighted by atomic mass is 9.77.